The average molecular weight is 349 g/mol. The van der Waals surface area contributed by atoms with Crippen LogP contribution in [0.4, 0.5) is 4.39 Å². The monoisotopic (exact) mass is 349 g/mol. The quantitative estimate of drug-likeness (QED) is 0.633. The molecule has 3 aromatic rings. The van der Waals surface area contributed by atoms with Crippen molar-refractivity contribution in [2.45, 2.75) is 24.3 Å². The molecule has 0 saturated carbocycles. The summed E-state index contributed by atoms with van der Waals surface area (Å²) in [4.78, 5) is 5.36. The van der Waals surface area contributed by atoms with E-state index in [1.54, 1.807) is 29.7 Å². The van der Waals surface area contributed by atoms with E-state index in [9.17, 15) is 8.60 Å². The number of oxazole rings is 1. The standard InChI is InChI=1S/C17H16FNO2S2/c1-2-16(12-5-7-13(18)8-6-12)23(20)11-14-10-21-17(19-14)15-4-3-9-22-15/h3-10,16H,2,11H2,1H3/t16-,23+/m1/s1. The number of aromatic nitrogens is 1. The largest absolute Gasteiger partial charge is 0.444 e. The number of benzene rings is 1. The van der Waals surface area contributed by atoms with Crippen molar-refractivity contribution in [3.63, 3.8) is 0 Å². The first-order valence-corrected chi connectivity index (χ1v) is 9.54. The van der Waals surface area contributed by atoms with Crippen LogP contribution in [0.15, 0.2) is 52.5 Å². The molecule has 0 aliphatic carbocycles. The summed E-state index contributed by atoms with van der Waals surface area (Å²) in [5.74, 6) is 0.596. The number of nitrogens with zero attached hydrogens (tertiary/aromatic N) is 1. The predicted octanol–water partition coefficient (Wildman–Crippen LogP) is 4.94. The first-order chi connectivity index (χ1) is 11.2. The molecule has 6 heteroatoms. The maximum atomic E-state index is 13.0. The first kappa shape index (κ1) is 16.1. The molecule has 2 heterocycles. The Morgan fingerprint density at radius 1 is 1.30 bits per heavy atom. The molecule has 0 saturated heterocycles. The van der Waals surface area contributed by atoms with Gasteiger partial charge in [-0.2, -0.15) is 0 Å². The van der Waals surface area contributed by atoms with Crippen molar-refractivity contribution < 1.29 is 13.0 Å². The molecule has 2 aromatic heterocycles. The van der Waals surface area contributed by atoms with Gasteiger partial charge in [0.15, 0.2) is 0 Å². The van der Waals surface area contributed by atoms with Crippen molar-refractivity contribution in [1.82, 2.24) is 4.98 Å². The molecule has 0 N–H and O–H groups in total. The summed E-state index contributed by atoms with van der Waals surface area (Å²) in [6.45, 7) is 1.98. The van der Waals surface area contributed by atoms with E-state index in [1.807, 2.05) is 24.4 Å². The zero-order valence-corrected chi connectivity index (χ0v) is 14.2. The van der Waals surface area contributed by atoms with Gasteiger partial charge in [0.2, 0.25) is 5.89 Å². The second-order valence-electron chi connectivity index (χ2n) is 5.09. The number of halogens is 1. The van der Waals surface area contributed by atoms with E-state index in [1.165, 1.54) is 12.1 Å². The molecule has 0 spiro atoms. The van der Waals surface area contributed by atoms with Gasteiger partial charge in [0.1, 0.15) is 12.1 Å². The summed E-state index contributed by atoms with van der Waals surface area (Å²) in [5, 5.41) is 1.82. The lowest BCUT2D eigenvalue weighted by atomic mass is 10.1. The summed E-state index contributed by atoms with van der Waals surface area (Å²) in [6, 6.07) is 10.1. The van der Waals surface area contributed by atoms with Gasteiger partial charge in [-0.3, -0.25) is 4.21 Å². The average Bonchev–Trinajstić information content (AvgIpc) is 3.21. The van der Waals surface area contributed by atoms with Crippen molar-refractivity contribution >= 4 is 22.1 Å². The van der Waals surface area contributed by atoms with Crippen molar-refractivity contribution in [2.75, 3.05) is 0 Å². The molecule has 23 heavy (non-hydrogen) atoms. The third-order valence-electron chi connectivity index (χ3n) is 3.50. The summed E-state index contributed by atoms with van der Waals surface area (Å²) in [6.07, 6.45) is 2.28. The highest BCUT2D eigenvalue weighted by Crippen LogP contribution is 2.28. The summed E-state index contributed by atoms with van der Waals surface area (Å²) in [5.41, 5.74) is 1.56. The van der Waals surface area contributed by atoms with E-state index in [0.29, 0.717) is 23.8 Å². The van der Waals surface area contributed by atoms with Gasteiger partial charge >= 0.3 is 0 Å². The van der Waals surface area contributed by atoms with Crippen LogP contribution in [0.3, 0.4) is 0 Å². The summed E-state index contributed by atoms with van der Waals surface area (Å²) in [7, 11) is -1.14. The Hall–Kier alpha value is -1.79. The Bertz CT molecular complexity index is 781. The fraction of sp³-hybridized carbons (Fsp3) is 0.235. The van der Waals surface area contributed by atoms with Gasteiger partial charge in [-0.15, -0.1) is 11.3 Å². The molecular weight excluding hydrogens is 333 g/mol. The zero-order chi connectivity index (χ0) is 16.2. The minimum absolute atomic E-state index is 0.141. The molecule has 2 atom stereocenters. The van der Waals surface area contributed by atoms with Gasteiger partial charge in [-0.05, 0) is 35.6 Å². The fourth-order valence-corrected chi connectivity index (χ4v) is 4.50. The normalized spacial score (nSPS) is 13.8. The Labute approximate surface area is 140 Å². The molecule has 0 bridgehead atoms. The van der Waals surface area contributed by atoms with Crippen molar-refractivity contribution in [1.29, 1.82) is 0 Å². The summed E-state index contributed by atoms with van der Waals surface area (Å²) >= 11 is 1.55. The highest BCUT2D eigenvalue weighted by atomic mass is 32.2. The van der Waals surface area contributed by atoms with Gasteiger partial charge in [0.25, 0.3) is 0 Å². The van der Waals surface area contributed by atoms with Crippen LogP contribution >= 0.6 is 11.3 Å². The van der Waals surface area contributed by atoms with Crippen molar-refractivity contribution in [3.05, 3.63) is 65.1 Å². The molecule has 0 aliphatic heterocycles. The Morgan fingerprint density at radius 2 is 2.09 bits per heavy atom. The number of rotatable bonds is 6. The molecule has 0 amide bonds. The molecule has 1 aromatic carbocycles. The maximum Gasteiger partial charge on any atom is 0.236 e. The van der Waals surface area contributed by atoms with E-state index in [0.717, 1.165) is 10.4 Å². The van der Waals surface area contributed by atoms with Crippen LogP contribution in [0.5, 0.6) is 0 Å². The molecule has 3 nitrogen and oxygen atoms in total. The lowest BCUT2D eigenvalue weighted by Gasteiger charge is -2.14. The zero-order valence-electron chi connectivity index (χ0n) is 12.6. The van der Waals surface area contributed by atoms with Crippen LogP contribution in [0.2, 0.25) is 0 Å². The SMILES string of the molecule is CC[C@H](c1ccc(F)cc1)[S@@](=O)Cc1coc(-c2cccs2)n1. The van der Waals surface area contributed by atoms with Gasteiger partial charge in [-0.25, -0.2) is 9.37 Å². The third-order valence-corrected chi connectivity index (χ3v) is 6.18. The smallest absolute Gasteiger partial charge is 0.236 e. The van der Waals surface area contributed by atoms with E-state index >= 15 is 0 Å². The number of thiophene rings is 1. The van der Waals surface area contributed by atoms with Crippen LogP contribution in [0, 0.1) is 5.82 Å². The minimum atomic E-state index is -1.14. The van der Waals surface area contributed by atoms with Crippen LogP contribution in [-0.4, -0.2) is 9.19 Å². The first-order valence-electron chi connectivity index (χ1n) is 7.28. The Kier molecular flexibility index (Phi) is 5.03. The molecule has 0 radical (unpaired) electrons. The van der Waals surface area contributed by atoms with E-state index in [4.69, 9.17) is 4.42 Å². The third kappa shape index (κ3) is 3.76. The lowest BCUT2D eigenvalue weighted by Crippen LogP contribution is -2.08. The molecule has 120 valence electrons. The number of hydrogen-bond donors (Lipinski definition) is 0. The number of hydrogen-bond acceptors (Lipinski definition) is 4. The van der Waals surface area contributed by atoms with Crippen LogP contribution in [0.1, 0.15) is 29.9 Å². The van der Waals surface area contributed by atoms with Crippen molar-refractivity contribution in [3.8, 4) is 10.8 Å². The van der Waals surface area contributed by atoms with Gasteiger partial charge in [-0.1, -0.05) is 25.1 Å². The predicted molar refractivity (Wildman–Crippen MR) is 91.1 cm³/mol. The topological polar surface area (TPSA) is 43.1 Å². The fourth-order valence-electron chi connectivity index (χ4n) is 2.38. The highest BCUT2D eigenvalue weighted by Gasteiger charge is 2.19. The lowest BCUT2D eigenvalue weighted by molar-refractivity contribution is 0.574. The van der Waals surface area contributed by atoms with E-state index in [-0.39, 0.29) is 11.1 Å². The molecule has 0 unspecified atom stereocenters. The molecule has 0 fully saturated rings. The van der Waals surface area contributed by atoms with Gasteiger partial charge in [0, 0.05) is 10.8 Å². The van der Waals surface area contributed by atoms with Gasteiger partial charge in [0.05, 0.1) is 21.6 Å². The highest BCUT2D eigenvalue weighted by molar-refractivity contribution is 7.84. The second kappa shape index (κ2) is 7.19. The molecule has 3 rings (SSSR count). The Morgan fingerprint density at radius 3 is 2.74 bits per heavy atom. The Balaban J connectivity index is 1.73. The van der Waals surface area contributed by atoms with E-state index in [2.05, 4.69) is 4.98 Å². The maximum absolute atomic E-state index is 13.0. The van der Waals surface area contributed by atoms with Crippen LogP contribution in [-0.2, 0) is 16.6 Å². The van der Waals surface area contributed by atoms with Gasteiger partial charge < -0.3 is 4.42 Å². The van der Waals surface area contributed by atoms with Crippen molar-refractivity contribution in [2.24, 2.45) is 0 Å². The van der Waals surface area contributed by atoms with E-state index < -0.39 is 10.8 Å². The van der Waals surface area contributed by atoms with Crippen LogP contribution in [0.25, 0.3) is 10.8 Å². The molecule has 0 aliphatic rings. The molecular formula is C17H16FNO2S2. The second-order valence-corrected chi connectivity index (χ2v) is 7.66. The summed E-state index contributed by atoms with van der Waals surface area (Å²) < 4.78 is 31.2. The van der Waals surface area contributed by atoms with Crippen LogP contribution < -0.4 is 0 Å². The minimum Gasteiger partial charge on any atom is -0.444 e.